The standard InChI is InChI=1S/C22H48NO4/c1-7-11-12-13-14-15-16-17-18-19-20-21-22(5,6)27-23(24-8-2,25-9-3)26-10-4/h7-21H2,1-6H3/q+1. The van der Waals surface area contributed by atoms with Crippen LogP contribution in [0.15, 0.2) is 0 Å². The summed E-state index contributed by atoms with van der Waals surface area (Å²) in [6.07, 6.45) is 15.8. The predicted octanol–water partition coefficient (Wildman–Crippen LogP) is 7.07. The largest absolute Gasteiger partial charge is 0.247 e. The summed E-state index contributed by atoms with van der Waals surface area (Å²) in [4.78, 5) is 23.0. The average molecular weight is 391 g/mol. The summed E-state index contributed by atoms with van der Waals surface area (Å²) in [7, 11) is 0. The van der Waals surface area contributed by atoms with Gasteiger partial charge in [-0.05, 0) is 41.0 Å². The molecule has 0 aromatic rings. The van der Waals surface area contributed by atoms with Gasteiger partial charge in [0.1, 0.15) is 25.4 Å². The minimum atomic E-state index is -0.630. The van der Waals surface area contributed by atoms with Crippen molar-refractivity contribution in [1.29, 1.82) is 0 Å². The summed E-state index contributed by atoms with van der Waals surface area (Å²) >= 11 is 0. The van der Waals surface area contributed by atoms with Gasteiger partial charge in [-0.2, -0.15) is 0 Å². The maximum absolute atomic E-state index is 6.11. The van der Waals surface area contributed by atoms with Crippen LogP contribution in [0.25, 0.3) is 0 Å². The van der Waals surface area contributed by atoms with Gasteiger partial charge in [-0.15, -0.1) is 0 Å². The van der Waals surface area contributed by atoms with Crippen molar-refractivity contribution in [1.82, 2.24) is 0 Å². The molecule has 5 nitrogen and oxygen atoms in total. The Bertz CT molecular complexity index is 306. The zero-order valence-corrected chi connectivity index (χ0v) is 19.2. The van der Waals surface area contributed by atoms with Crippen LogP contribution in [0, 0.1) is 0 Å². The van der Waals surface area contributed by atoms with E-state index < -0.39 is 5.14 Å². The van der Waals surface area contributed by atoms with Crippen molar-refractivity contribution in [2.45, 2.75) is 124 Å². The summed E-state index contributed by atoms with van der Waals surface area (Å²) < 4.78 is 0. The maximum Gasteiger partial charge on any atom is 0.247 e. The lowest BCUT2D eigenvalue weighted by molar-refractivity contribution is -1.48. The van der Waals surface area contributed by atoms with Gasteiger partial charge in [0.25, 0.3) is 0 Å². The van der Waals surface area contributed by atoms with Gasteiger partial charge >= 0.3 is 0 Å². The van der Waals surface area contributed by atoms with Crippen molar-refractivity contribution < 1.29 is 24.5 Å². The fourth-order valence-electron chi connectivity index (χ4n) is 3.23. The fourth-order valence-corrected chi connectivity index (χ4v) is 3.23. The van der Waals surface area contributed by atoms with Crippen LogP contribution in [0.2, 0.25) is 0 Å². The average Bonchev–Trinajstić information content (AvgIpc) is 2.60. The van der Waals surface area contributed by atoms with E-state index in [0.717, 1.165) is 12.8 Å². The molecule has 27 heavy (non-hydrogen) atoms. The van der Waals surface area contributed by atoms with E-state index in [9.17, 15) is 0 Å². The lowest BCUT2D eigenvalue weighted by Crippen LogP contribution is -2.52. The van der Waals surface area contributed by atoms with Crippen LogP contribution in [0.1, 0.15) is 119 Å². The Kier molecular flexibility index (Phi) is 16.6. The molecule has 0 aromatic heterocycles. The molecule has 0 aliphatic carbocycles. The molecular formula is C22H48NO4+. The zero-order valence-electron chi connectivity index (χ0n) is 19.2. The van der Waals surface area contributed by atoms with Crippen LogP contribution in [0.3, 0.4) is 0 Å². The second-order valence-electron chi connectivity index (χ2n) is 7.84. The van der Waals surface area contributed by atoms with Crippen molar-refractivity contribution in [3.8, 4) is 0 Å². The van der Waals surface area contributed by atoms with Crippen LogP contribution in [-0.2, 0) is 19.4 Å². The van der Waals surface area contributed by atoms with Gasteiger partial charge in [0.05, 0.1) is 0 Å². The highest BCUT2D eigenvalue weighted by molar-refractivity contribution is 4.66. The Morgan fingerprint density at radius 1 is 0.556 bits per heavy atom. The molecule has 5 heteroatoms. The molecule has 0 bridgehead atoms. The highest BCUT2D eigenvalue weighted by atomic mass is 17.4. The van der Waals surface area contributed by atoms with Crippen LogP contribution < -0.4 is 0 Å². The third-order valence-electron chi connectivity index (χ3n) is 4.60. The first-order chi connectivity index (χ1) is 12.9. The molecule has 0 aromatic carbocycles. The Balaban J connectivity index is 3.99. The smallest absolute Gasteiger partial charge is 0.0967 e. The summed E-state index contributed by atoms with van der Waals surface area (Å²) in [5.74, 6) is 0. The molecule has 164 valence electrons. The summed E-state index contributed by atoms with van der Waals surface area (Å²) in [5, 5.41) is -0.630. The number of nitrogens with zero attached hydrogens (tertiary/aromatic N) is 1. The molecule has 0 unspecified atom stereocenters. The molecule has 0 aliphatic rings. The second-order valence-corrected chi connectivity index (χ2v) is 7.84. The molecule has 0 fully saturated rings. The van der Waals surface area contributed by atoms with Gasteiger partial charge < -0.3 is 0 Å². The molecule has 0 radical (unpaired) electrons. The quantitative estimate of drug-likeness (QED) is 0.126. The van der Waals surface area contributed by atoms with Crippen molar-refractivity contribution in [3.63, 3.8) is 0 Å². The lowest BCUT2D eigenvalue weighted by Gasteiger charge is -2.32. The van der Waals surface area contributed by atoms with Gasteiger partial charge in [-0.1, -0.05) is 96.9 Å². The number of hydrogen-bond acceptors (Lipinski definition) is 4. The molecule has 0 saturated heterocycles. The third-order valence-corrected chi connectivity index (χ3v) is 4.60. The number of hydrogen-bond donors (Lipinski definition) is 0. The van der Waals surface area contributed by atoms with Crippen molar-refractivity contribution in [2.75, 3.05) is 19.8 Å². The van der Waals surface area contributed by atoms with E-state index in [1.807, 2.05) is 20.8 Å². The fraction of sp³-hybridized carbons (Fsp3) is 1.00. The predicted molar refractivity (Wildman–Crippen MR) is 111 cm³/mol. The molecule has 0 rings (SSSR count). The molecular weight excluding hydrogens is 342 g/mol. The third kappa shape index (κ3) is 14.5. The van der Waals surface area contributed by atoms with Crippen molar-refractivity contribution in [3.05, 3.63) is 0 Å². The van der Waals surface area contributed by atoms with Gasteiger partial charge in [-0.3, -0.25) is 0 Å². The van der Waals surface area contributed by atoms with Gasteiger partial charge in [0, 0.05) is 0 Å². The van der Waals surface area contributed by atoms with Crippen LogP contribution >= 0.6 is 0 Å². The molecule has 0 saturated carbocycles. The van der Waals surface area contributed by atoms with Crippen molar-refractivity contribution >= 4 is 0 Å². The van der Waals surface area contributed by atoms with Crippen LogP contribution in [-0.4, -0.2) is 30.6 Å². The van der Waals surface area contributed by atoms with Crippen LogP contribution in [0.5, 0.6) is 0 Å². The van der Waals surface area contributed by atoms with E-state index in [4.69, 9.17) is 19.4 Å². The topological polar surface area (TPSA) is 36.9 Å². The number of unbranched alkanes of at least 4 members (excludes halogenated alkanes) is 10. The van der Waals surface area contributed by atoms with E-state index in [1.54, 1.807) is 0 Å². The number of quaternary nitrogens is 1. The van der Waals surface area contributed by atoms with E-state index in [-0.39, 0.29) is 5.60 Å². The monoisotopic (exact) mass is 390 g/mol. The Morgan fingerprint density at radius 3 is 1.30 bits per heavy atom. The highest BCUT2D eigenvalue weighted by Gasteiger charge is 2.44. The first-order valence-corrected chi connectivity index (χ1v) is 11.5. The zero-order chi connectivity index (χ0) is 20.4. The highest BCUT2D eigenvalue weighted by Crippen LogP contribution is 2.27. The van der Waals surface area contributed by atoms with Gasteiger partial charge in [-0.25, -0.2) is 0 Å². The summed E-state index contributed by atoms with van der Waals surface area (Å²) in [5.41, 5.74) is -0.376. The summed E-state index contributed by atoms with van der Waals surface area (Å²) in [6.45, 7) is 13.5. The SMILES string of the molecule is CCCCCCCCCCCCCC(C)(C)O[N+](OCC)(OCC)OCC. The minimum Gasteiger partial charge on any atom is -0.0967 e. The van der Waals surface area contributed by atoms with Crippen LogP contribution in [0.4, 0.5) is 0 Å². The normalized spacial score (nSPS) is 12.7. The Hall–Kier alpha value is -0.200. The Labute approximate surface area is 169 Å². The van der Waals surface area contributed by atoms with Gasteiger partial charge in [0.2, 0.25) is 5.14 Å². The lowest BCUT2D eigenvalue weighted by atomic mass is 9.99. The van der Waals surface area contributed by atoms with E-state index in [1.165, 1.54) is 64.2 Å². The first kappa shape index (κ1) is 26.8. The molecule has 0 amide bonds. The van der Waals surface area contributed by atoms with E-state index >= 15 is 0 Å². The second kappa shape index (κ2) is 16.7. The van der Waals surface area contributed by atoms with E-state index in [0.29, 0.717) is 19.8 Å². The Morgan fingerprint density at radius 2 is 0.926 bits per heavy atom. The molecule has 0 N–H and O–H groups in total. The van der Waals surface area contributed by atoms with Gasteiger partial charge in [0.15, 0.2) is 0 Å². The molecule has 0 atom stereocenters. The van der Waals surface area contributed by atoms with E-state index in [2.05, 4.69) is 20.8 Å². The first-order valence-electron chi connectivity index (χ1n) is 11.5. The summed E-state index contributed by atoms with van der Waals surface area (Å²) in [6, 6.07) is 0. The maximum atomic E-state index is 6.11. The molecule has 0 spiro atoms. The molecule has 0 aliphatic heterocycles. The number of rotatable bonds is 20. The molecule has 0 heterocycles. The van der Waals surface area contributed by atoms with Crippen molar-refractivity contribution in [2.24, 2.45) is 0 Å². The minimum absolute atomic E-state index is 0.376.